The molecule has 4 fully saturated rings. The van der Waals surface area contributed by atoms with Crippen molar-refractivity contribution in [2.75, 3.05) is 6.61 Å². The largest absolute Gasteiger partial charge is 0.457 e. The van der Waals surface area contributed by atoms with Gasteiger partial charge in [-0.15, -0.1) is 0 Å². The minimum Gasteiger partial charge on any atom is -0.457 e. The van der Waals surface area contributed by atoms with E-state index in [1.54, 1.807) is 31.2 Å². The number of ketones is 2. The summed E-state index contributed by atoms with van der Waals surface area (Å²) in [6.07, 6.45) is -1.49. The number of ether oxygens (including phenoxy) is 3. The number of carbonyl (C=O) groups is 2. The Morgan fingerprint density at radius 1 is 1.05 bits per heavy atom. The van der Waals surface area contributed by atoms with Crippen molar-refractivity contribution in [3.8, 4) is 11.5 Å². The smallest absolute Gasteiger partial charge is 0.193 e. The van der Waals surface area contributed by atoms with Gasteiger partial charge in [0.1, 0.15) is 24.3 Å². The zero-order valence-electron chi connectivity index (χ0n) is 23.9. The molecule has 0 aromatic heterocycles. The highest BCUT2D eigenvalue weighted by Gasteiger charge is 2.80. The molecule has 1 saturated heterocycles. The fourth-order valence-corrected chi connectivity index (χ4v) is 9.03. The van der Waals surface area contributed by atoms with Gasteiger partial charge < -0.3 is 24.4 Å². The van der Waals surface area contributed by atoms with Crippen molar-refractivity contribution in [3.63, 3.8) is 0 Å². The van der Waals surface area contributed by atoms with Gasteiger partial charge in [-0.3, -0.25) is 9.59 Å². The van der Waals surface area contributed by atoms with Crippen molar-refractivity contribution in [1.29, 1.82) is 0 Å². The van der Waals surface area contributed by atoms with Gasteiger partial charge in [0, 0.05) is 22.3 Å². The quantitative estimate of drug-likeness (QED) is 0.497. The molecule has 0 amide bonds. The highest BCUT2D eigenvalue weighted by Crippen LogP contribution is 2.72. The van der Waals surface area contributed by atoms with E-state index < -0.39 is 76.8 Å². The number of Topliss-reactive ketones (excluding diaryl/α,β-unsaturated/α-hetero) is 1. The first-order chi connectivity index (χ1) is 20.5. The molecule has 0 bridgehead atoms. The Bertz CT molecular complexity index is 1520. The molecule has 4 aliphatic carbocycles. The van der Waals surface area contributed by atoms with Crippen molar-refractivity contribution < 1.29 is 42.8 Å². The molecule has 0 unspecified atom stereocenters. The molecular weight excluding hydrogens is 558 g/mol. The number of hydrogen-bond donors (Lipinski definition) is 2. The van der Waals surface area contributed by atoms with Crippen LogP contribution in [0.1, 0.15) is 45.0 Å². The Kier molecular flexibility index (Phi) is 6.39. The molecule has 0 spiro atoms. The van der Waals surface area contributed by atoms with E-state index in [0.29, 0.717) is 17.1 Å². The second kappa shape index (κ2) is 9.63. The van der Waals surface area contributed by atoms with Gasteiger partial charge in [-0.25, -0.2) is 8.78 Å². The zero-order valence-corrected chi connectivity index (χ0v) is 23.9. The molecule has 2 aromatic carbocycles. The number of allylic oxidation sites excluding steroid dienone is 4. The Morgan fingerprint density at radius 2 is 1.74 bits per heavy atom. The molecule has 10 atom stereocenters. The summed E-state index contributed by atoms with van der Waals surface area (Å²) >= 11 is 0. The minimum atomic E-state index is -2.29. The molecule has 3 saturated carbocycles. The molecule has 7 rings (SSSR count). The van der Waals surface area contributed by atoms with Gasteiger partial charge in [0.05, 0.1) is 12.2 Å². The first-order valence-electron chi connectivity index (χ1n) is 14.7. The Balaban J connectivity index is 1.22. The van der Waals surface area contributed by atoms with Gasteiger partial charge in [-0.1, -0.05) is 43.3 Å². The molecule has 7 nitrogen and oxygen atoms in total. The van der Waals surface area contributed by atoms with Gasteiger partial charge >= 0.3 is 0 Å². The van der Waals surface area contributed by atoms with Crippen LogP contribution in [-0.4, -0.2) is 58.0 Å². The van der Waals surface area contributed by atoms with E-state index in [9.17, 15) is 19.8 Å². The summed E-state index contributed by atoms with van der Waals surface area (Å²) in [4.78, 5) is 25.8. The van der Waals surface area contributed by atoms with E-state index in [1.807, 2.05) is 30.3 Å². The lowest BCUT2D eigenvalue weighted by Crippen LogP contribution is -2.70. The summed E-state index contributed by atoms with van der Waals surface area (Å²) in [7, 11) is 0. The number of para-hydroxylation sites is 1. The Labute approximate surface area is 248 Å². The number of hydrogen-bond acceptors (Lipinski definition) is 7. The summed E-state index contributed by atoms with van der Waals surface area (Å²) in [5.41, 5.74) is -6.03. The molecule has 226 valence electrons. The molecular formula is C34H34F2O7. The molecule has 0 radical (unpaired) electrons. The predicted molar refractivity (Wildman–Crippen MR) is 150 cm³/mol. The molecule has 2 aromatic rings. The van der Waals surface area contributed by atoms with E-state index in [4.69, 9.17) is 14.2 Å². The normalized spacial score (nSPS) is 42.8. The van der Waals surface area contributed by atoms with Crippen molar-refractivity contribution in [2.24, 2.45) is 22.7 Å². The lowest BCUT2D eigenvalue weighted by molar-refractivity contribution is -0.235. The summed E-state index contributed by atoms with van der Waals surface area (Å²) < 4.78 is 52.0. The maximum Gasteiger partial charge on any atom is 0.193 e. The summed E-state index contributed by atoms with van der Waals surface area (Å²) in [6, 6.07) is 16.4. The average molecular weight is 593 g/mol. The molecule has 2 N–H and O–H groups in total. The molecule has 43 heavy (non-hydrogen) atoms. The van der Waals surface area contributed by atoms with E-state index >= 15 is 8.78 Å². The second-order valence-electron chi connectivity index (χ2n) is 13.0. The van der Waals surface area contributed by atoms with E-state index in [2.05, 4.69) is 0 Å². The highest BCUT2D eigenvalue weighted by molar-refractivity contribution is 6.01. The topological polar surface area (TPSA) is 102 Å². The average Bonchev–Trinajstić information content (AvgIpc) is 3.49. The summed E-state index contributed by atoms with van der Waals surface area (Å²) in [6.45, 7) is 2.46. The van der Waals surface area contributed by atoms with Crippen LogP contribution in [0.15, 0.2) is 78.4 Å². The fraction of sp³-hybridized carbons (Fsp3) is 0.471. The van der Waals surface area contributed by atoms with Gasteiger partial charge in [-0.05, 0) is 74.1 Å². The number of rotatable bonds is 5. The lowest BCUT2D eigenvalue weighted by Gasteiger charge is -2.63. The molecule has 1 heterocycles. The Morgan fingerprint density at radius 3 is 2.44 bits per heavy atom. The third-order valence-corrected chi connectivity index (χ3v) is 11.1. The number of aliphatic hydroxyl groups is 2. The van der Waals surface area contributed by atoms with Crippen LogP contribution in [0.3, 0.4) is 0 Å². The van der Waals surface area contributed by atoms with E-state index in [-0.39, 0.29) is 24.8 Å². The van der Waals surface area contributed by atoms with E-state index in [1.165, 1.54) is 19.1 Å². The second-order valence-corrected chi connectivity index (χ2v) is 13.0. The van der Waals surface area contributed by atoms with Crippen molar-refractivity contribution in [1.82, 2.24) is 0 Å². The predicted octanol–water partition coefficient (Wildman–Crippen LogP) is 5.12. The van der Waals surface area contributed by atoms with Crippen LogP contribution in [0.5, 0.6) is 11.5 Å². The standard InChI is InChI=1S/C34H34F2O7/c1-31-13-12-20(38)14-25(31)26(35)15-24-23-16-29-34(28(40)18-37,32(23,2)17-27(39)33(24,31)36)43-30(42-29)19-8-10-22(11-9-19)41-21-6-4-3-5-7-21/h3-14,23-24,26-27,29-30,37,39H,15-18H2,1-2H3/t23-,24-,26-,27-,29+,30+,31-,32-,33-,34+/m0/s1. The van der Waals surface area contributed by atoms with Crippen LogP contribution in [0.25, 0.3) is 0 Å². The first kappa shape index (κ1) is 28.5. The number of aliphatic hydroxyl groups excluding tert-OH is 2. The molecule has 9 heteroatoms. The number of benzene rings is 2. The zero-order chi connectivity index (χ0) is 30.4. The van der Waals surface area contributed by atoms with Gasteiger partial charge in [0.25, 0.3) is 0 Å². The Hall–Kier alpha value is -3.24. The van der Waals surface area contributed by atoms with Crippen LogP contribution in [0, 0.1) is 22.7 Å². The third-order valence-electron chi connectivity index (χ3n) is 11.1. The lowest BCUT2D eigenvalue weighted by atomic mass is 9.44. The SMILES string of the molecule is C[C@]12C=CC(=O)C=C1[C@@H](F)C[C@H]1[C@@H]3C[C@H]4O[C@@H](c5ccc(Oc6ccccc6)cc5)O[C@@]4(C(=O)CO)[C@@]3(C)C[C@H](O)[C@@]12F. The number of alkyl halides is 2. The third kappa shape index (κ3) is 3.71. The maximum atomic E-state index is 17.5. The highest BCUT2D eigenvalue weighted by atomic mass is 19.1. The van der Waals surface area contributed by atoms with Crippen LogP contribution in [-0.2, 0) is 19.1 Å². The minimum absolute atomic E-state index is 0.0352. The van der Waals surface area contributed by atoms with E-state index in [0.717, 1.165) is 6.08 Å². The van der Waals surface area contributed by atoms with Crippen molar-refractivity contribution in [3.05, 3.63) is 84.0 Å². The fourth-order valence-electron chi connectivity index (χ4n) is 9.03. The van der Waals surface area contributed by atoms with Crippen LogP contribution in [0.2, 0.25) is 0 Å². The summed E-state index contributed by atoms with van der Waals surface area (Å²) in [5.74, 6) is -1.36. The number of halogens is 2. The summed E-state index contributed by atoms with van der Waals surface area (Å²) in [5, 5.41) is 21.8. The van der Waals surface area contributed by atoms with Gasteiger partial charge in [0.15, 0.2) is 29.1 Å². The van der Waals surface area contributed by atoms with Crippen molar-refractivity contribution >= 4 is 11.6 Å². The first-order valence-corrected chi connectivity index (χ1v) is 14.7. The van der Waals surface area contributed by atoms with Crippen LogP contribution >= 0.6 is 0 Å². The van der Waals surface area contributed by atoms with Gasteiger partial charge in [0.2, 0.25) is 0 Å². The number of carbonyl (C=O) groups excluding carboxylic acids is 2. The van der Waals surface area contributed by atoms with Crippen molar-refractivity contribution in [2.45, 2.75) is 69.0 Å². The van der Waals surface area contributed by atoms with Crippen LogP contribution < -0.4 is 4.74 Å². The molecule has 1 aliphatic heterocycles. The number of fused-ring (bicyclic) bond motifs is 7. The van der Waals surface area contributed by atoms with Crippen LogP contribution in [0.4, 0.5) is 8.78 Å². The molecule has 5 aliphatic rings. The maximum absolute atomic E-state index is 17.5. The van der Waals surface area contributed by atoms with Gasteiger partial charge in [-0.2, -0.15) is 0 Å². The monoisotopic (exact) mass is 592 g/mol.